The molecular formula is C26H30ClN3OS. The quantitative estimate of drug-likeness (QED) is 0.333. The maximum absolute atomic E-state index is 5.55. The summed E-state index contributed by atoms with van der Waals surface area (Å²) in [5, 5.41) is 3.54. The van der Waals surface area contributed by atoms with Crippen LogP contribution < -0.4 is 4.74 Å². The van der Waals surface area contributed by atoms with Gasteiger partial charge in [-0.1, -0.05) is 0 Å². The Bertz CT molecular complexity index is 1310. The SMILES string of the molecule is COc1ccc2c(c1)c(-c1csc3nc(C45CC6CC(CC(C6)C4)C5)cn13)c(C)n2C.Cl. The Balaban J connectivity index is 0.00000196. The van der Waals surface area contributed by atoms with Gasteiger partial charge in [0.15, 0.2) is 4.96 Å². The van der Waals surface area contributed by atoms with Crippen molar-refractivity contribution in [2.24, 2.45) is 24.8 Å². The summed E-state index contributed by atoms with van der Waals surface area (Å²) in [6.07, 6.45) is 10.9. The molecule has 168 valence electrons. The molecule has 4 bridgehead atoms. The van der Waals surface area contributed by atoms with Crippen molar-refractivity contribution in [3.8, 4) is 17.0 Å². The van der Waals surface area contributed by atoms with Crippen molar-refractivity contribution in [2.45, 2.75) is 50.9 Å². The van der Waals surface area contributed by atoms with E-state index in [1.165, 1.54) is 72.1 Å². The lowest BCUT2D eigenvalue weighted by Gasteiger charge is -2.56. The number of methoxy groups -OCH3 is 1. The van der Waals surface area contributed by atoms with Gasteiger partial charge in [0, 0.05) is 46.2 Å². The molecule has 4 aliphatic rings. The highest BCUT2D eigenvalue weighted by molar-refractivity contribution is 7.15. The number of ether oxygens (including phenoxy) is 1. The van der Waals surface area contributed by atoms with Crippen molar-refractivity contribution >= 4 is 39.6 Å². The number of nitrogens with zero attached hydrogens (tertiary/aromatic N) is 3. The summed E-state index contributed by atoms with van der Waals surface area (Å²) in [4.78, 5) is 6.39. The third kappa shape index (κ3) is 2.70. The van der Waals surface area contributed by atoms with Gasteiger partial charge in [0.2, 0.25) is 0 Å². The van der Waals surface area contributed by atoms with Gasteiger partial charge >= 0.3 is 0 Å². The number of benzene rings is 1. The number of aromatic nitrogens is 3. The first kappa shape index (κ1) is 20.6. The molecule has 4 aliphatic carbocycles. The summed E-state index contributed by atoms with van der Waals surface area (Å²) in [6.45, 7) is 2.22. The molecule has 0 saturated heterocycles. The Kier molecular flexibility index (Phi) is 4.51. The lowest BCUT2D eigenvalue weighted by molar-refractivity contribution is -0.00696. The van der Waals surface area contributed by atoms with Gasteiger partial charge in [0.05, 0.1) is 18.5 Å². The predicted octanol–water partition coefficient (Wildman–Crippen LogP) is 6.76. The van der Waals surface area contributed by atoms with Gasteiger partial charge < -0.3 is 9.30 Å². The standard InChI is InChI=1S/C26H29N3OS.ClH/c1-15-24(20-9-19(30-3)4-5-21(20)28(15)2)22-14-31-25-27-23(13-29(22)25)26-10-16-6-17(11-26)8-18(7-16)12-26;/h4-5,9,13-14,16-18H,6-8,10-12H2,1-3H3;1H. The minimum Gasteiger partial charge on any atom is -0.497 e. The van der Waals surface area contributed by atoms with Crippen LogP contribution in [0, 0.1) is 24.7 Å². The number of rotatable bonds is 3. The zero-order valence-electron chi connectivity index (χ0n) is 18.9. The second kappa shape index (κ2) is 7.01. The average Bonchev–Trinajstić information content (AvgIpc) is 3.40. The van der Waals surface area contributed by atoms with Crippen LogP contribution in [-0.4, -0.2) is 21.1 Å². The van der Waals surface area contributed by atoms with E-state index in [0.717, 1.165) is 28.5 Å². The molecule has 32 heavy (non-hydrogen) atoms. The molecule has 0 unspecified atom stereocenters. The van der Waals surface area contributed by atoms with Crippen LogP contribution in [0.15, 0.2) is 29.8 Å². The molecule has 3 aromatic heterocycles. The fourth-order valence-corrected chi connectivity index (χ4v) is 8.51. The van der Waals surface area contributed by atoms with Crippen molar-refractivity contribution in [3.05, 3.63) is 41.2 Å². The van der Waals surface area contributed by atoms with Crippen LogP contribution in [0.4, 0.5) is 0 Å². The van der Waals surface area contributed by atoms with Gasteiger partial charge in [-0.2, -0.15) is 0 Å². The molecule has 4 nitrogen and oxygen atoms in total. The number of thiazole rings is 1. The van der Waals surface area contributed by atoms with Crippen LogP contribution in [-0.2, 0) is 12.5 Å². The first-order chi connectivity index (χ1) is 15.0. The number of imidazole rings is 1. The Labute approximate surface area is 199 Å². The summed E-state index contributed by atoms with van der Waals surface area (Å²) < 4.78 is 10.2. The van der Waals surface area contributed by atoms with Crippen LogP contribution >= 0.6 is 23.7 Å². The average molecular weight is 468 g/mol. The molecule has 1 aromatic carbocycles. The number of hydrogen-bond acceptors (Lipinski definition) is 3. The highest BCUT2D eigenvalue weighted by Crippen LogP contribution is 2.60. The first-order valence-corrected chi connectivity index (χ1v) is 12.5. The van der Waals surface area contributed by atoms with E-state index in [4.69, 9.17) is 9.72 Å². The molecule has 0 radical (unpaired) electrons. The van der Waals surface area contributed by atoms with Crippen LogP contribution in [0.2, 0.25) is 0 Å². The molecule has 3 heterocycles. The van der Waals surface area contributed by atoms with E-state index in [-0.39, 0.29) is 12.4 Å². The third-order valence-electron chi connectivity index (χ3n) is 8.75. The van der Waals surface area contributed by atoms with E-state index in [0.29, 0.717) is 5.41 Å². The van der Waals surface area contributed by atoms with Crippen molar-refractivity contribution in [2.75, 3.05) is 7.11 Å². The molecular weight excluding hydrogens is 438 g/mol. The maximum atomic E-state index is 5.55. The summed E-state index contributed by atoms with van der Waals surface area (Å²) in [5.41, 5.74) is 6.81. The van der Waals surface area contributed by atoms with E-state index in [1.807, 2.05) is 0 Å². The molecule has 6 heteroatoms. The van der Waals surface area contributed by atoms with Gasteiger partial charge in [-0.25, -0.2) is 4.98 Å². The maximum Gasteiger partial charge on any atom is 0.194 e. The number of hydrogen-bond donors (Lipinski definition) is 0. The minimum absolute atomic E-state index is 0. The van der Waals surface area contributed by atoms with Crippen LogP contribution in [0.5, 0.6) is 5.75 Å². The Morgan fingerprint density at radius 1 is 1.09 bits per heavy atom. The topological polar surface area (TPSA) is 31.5 Å². The molecule has 4 saturated carbocycles. The summed E-state index contributed by atoms with van der Waals surface area (Å²) in [6, 6.07) is 6.40. The van der Waals surface area contributed by atoms with Gasteiger partial charge in [-0.3, -0.25) is 4.40 Å². The van der Waals surface area contributed by atoms with E-state index < -0.39 is 0 Å². The number of halogens is 1. The van der Waals surface area contributed by atoms with Crippen molar-refractivity contribution in [1.29, 1.82) is 0 Å². The normalized spacial score (nSPS) is 28.5. The molecule has 0 atom stereocenters. The highest BCUT2D eigenvalue weighted by Gasteiger charge is 2.52. The van der Waals surface area contributed by atoms with E-state index in [2.05, 4.69) is 52.7 Å². The summed E-state index contributed by atoms with van der Waals surface area (Å²) in [7, 11) is 3.90. The van der Waals surface area contributed by atoms with Crippen LogP contribution in [0.25, 0.3) is 27.1 Å². The van der Waals surface area contributed by atoms with Crippen LogP contribution in [0.1, 0.15) is 49.9 Å². The zero-order valence-corrected chi connectivity index (χ0v) is 20.6. The lowest BCUT2D eigenvalue weighted by atomic mass is 9.49. The van der Waals surface area contributed by atoms with Crippen LogP contribution in [0.3, 0.4) is 0 Å². The van der Waals surface area contributed by atoms with Crippen molar-refractivity contribution in [1.82, 2.24) is 14.0 Å². The van der Waals surface area contributed by atoms with E-state index in [9.17, 15) is 0 Å². The smallest absolute Gasteiger partial charge is 0.194 e. The monoisotopic (exact) mass is 467 g/mol. The van der Waals surface area contributed by atoms with Gasteiger partial charge in [0.1, 0.15) is 5.75 Å². The Morgan fingerprint density at radius 2 is 1.78 bits per heavy atom. The molecule has 0 aliphatic heterocycles. The number of aryl methyl sites for hydroxylation is 1. The van der Waals surface area contributed by atoms with E-state index in [1.54, 1.807) is 18.4 Å². The Hall–Kier alpha value is -1.98. The molecule has 0 amide bonds. The predicted molar refractivity (Wildman–Crippen MR) is 133 cm³/mol. The van der Waals surface area contributed by atoms with Gasteiger partial charge in [0.25, 0.3) is 0 Å². The summed E-state index contributed by atoms with van der Waals surface area (Å²) >= 11 is 1.78. The molecule has 4 aromatic rings. The molecule has 0 spiro atoms. The molecule has 8 rings (SSSR count). The molecule has 4 fully saturated rings. The minimum atomic E-state index is 0. The van der Waals surface area contributed by atoms with Gasteiger partial charge in [-0.05, 0) is 81.4 Å². The number of fused-ring (bicyclic) bond motifs is 2. The molecule has 0 N–H and O–H groups in total. The van der Waals surface area contributed by atoms with E-state index >= 15 is 0 Å². The first-order valence-electron chi connectivity index (χ1n) is 11.6. The fraction of sp³-hybridized carbons (Fsp3) is 0.500. The van der Waals surface area contributed by atoms with Crippen molar-refractivity contribution < 1.29 is 4.74 Å². The second-order valence-corrected chi connectivity index (χ2v) is 11.3. The Morgan fingerprint density at radius 3 is 2.44 bits per heavy atom. The van der Waals surface area contributed by atoms with Gasteiger partial charge in [-0.15, -0.1) is 23.7 Å². The third-order valence-corrected chi connectivity index (χ3v) is 9.59. The summed E-state index contributed by atoms with van der Waals surface area (Å²) in [5.74, 6) is 3.74. The van der Waals surface area contributed by atoms with Crippen molar-refractivity contribution in [3.63, 3.8) is 0 Å². The fourth-order valence-electron chi connectivity index (χ4n) is 7.64. The highest BCUT2D eigenvalue weighted by atomic mass is 35.5. The largest absolute Gasteiger partial charge is 0.497 e. The zero-order chi connectivity index (χ0) is 20.9. The second-order valence-electron chi connectivity index (χ2n) is 10.5. The lowest BCUT2D eigenvalue weighted by Crippen LogP contribution is -2.48.